The molecule has 0 aliphatic rings. The van der Waals surface area contributed by atoms with E-state index in [9.17, 15) is 0 Å². The molecule has 14 heavy (non-hydrogen) atoms. The van der Waals surface area contributed by atoms with Gasteiger partial charge >= 0.3 is 0 Å². The van der Waals surface area contributed by atoms with Crippen LogP contribution in [0.1, 0.15) is 31.0 Å². The first-order valence-corrected chi connectivity index (χ1v) is 4.98. The van der Waals surface area contributed by atoms with E-state index in [-0.39, 0.29) is 0 Å². The Morgan fingerprint density at radius 3 is 2.79 bits per heavy atom. The van der Waals surface area contributed by atoms with Crippen molar-refractivity contribution in [2.45, 2.75) is 26.7 Å². The summed E-state index contributed by atoms with van der Waals surface area (Å²) in [4.78, 5) is 4.43. The SMILES string of the molecule is Cc1nc2ccnn2c(Cl)c1C(C)C. The van der Waals surface area contributed by atoms with E-state index in [1.54, 1.807) is 10.7 Å². The van der Waals surface area contributed by atoms with E-state index in [4.69, 9.17) is 11.6 Å². The third-order valence-corrected chi connectivity index (χ3v) is 2.64. The quantitative estimate of drug-likeness (QED) is 0.677. The number of nitrogens with zero attached hydrogens (tertiary/aromatic N) is 3. The summed E-state index contributed by atoms with van der Waals surface area (Å²) in [5.74, 6) is 0.364. The van der Waals surface area contributed by atoms with Crippen LogP contribution < -0.4 is 0 Å². The van der Waals surface area contributed by atoms with Crippen LogP contribution in [-0.2, 0) is 0 Å². The molecule has 2 aromatic heterocycles. The van der Waals surface area contributed by atoms with Crippen molar-refractivity contribution in [3.63, 3.8) is 0 Å². The van der Waals surface area contributed by atoms with Crippen LogP contribution in [-0.4, -0.2) is 14.6 Å². The molecule has 0 saturated heterocycles. The van der Waals surface area contributed by atoms with Crippen LogP contribution >= 0.6 is 11.6 Å². The van der Waals surface area contributed by atoms with E-state index in [0.717, 1.165) is 16.9 Å². The second-order valence-corrected chi connectivity index (χ2v) is 4.02. The molecule has 0 saturated carbocycles. The molecule has 0 unspecified atom stereocenters. The lowest BCUT2D eigenvalue weighted by Gasteiger charge is -2.11. The van der Waals surface area contributed by atoms with E-state index < -0.39 is 0 Å². The standard InChI is InChI=1S/C10H12ClN3/c1-6(2)9-7(3)13-8-4-5-12-14(8)10(9)11/h4-6H,1-3H3. The minimum absolute atomic E-state index is 0.364. The van der Waals surface area contributed by atoms with Crippen molar-refractivity contribution < 1.29 is 0 Å². The van der Waals surface area contributed by atoms with Crippen LogP contribution in [0.5, 0.6) is 0 Å². The highest BCUT2D eigenvalue weighted by molar-refractivity contribution is 6.30. The van der Waals surface area contributed by atoms with Gasteiger partial charge in [-0.1, -0.05) is 25.4 Å². The van der Waals surface area contributed by atoms with E-state index in [2.05, 4.69) is 23.9 Å². The number of hydrogen-bond acceptors (Lipinski definition) is 2. The van der Waals surface area contributed by atoms with Crippen LogP contribution in [0.4, 0.5) is 0 Å². The van der Waals surface area contributed by atoms with E-state index in [1.165, 1.54) is 0 Å². The predicted octanol–water partition coefficient (Wildman–Crippen LogP) is 2.81. The predicted molar refractivity (Wildman–Crippen MR) is 56.8 cm³/mol. The Labute approximate surface area is 87.7 Å². The molecule has 0 bridgehead atoms. The summed E-state index contributed by atoms with van der Waals surface area (Å²) < 4.78 is 1.67. The van der Waals surface area contributed by atoms with Crippen LogP contribution in [0, 0.1) is 6.92 Å². The van der Waals surface area contributed by atoms with Gasteiger partial charge in [-0.25, -0.2) is 9.50 Å². The van der Waals surface area contributed by atoms with Gasteiger partial charge in [0.25, 0.3) is 0 Å². The molecule has 2 aromatic rings. The Bertz CT molecular complexity index is 473. The zero-order chi connectivity index (χ0) is 10.3. The van der Waals surface area contributed by atoms with Crippen molar-refractivity contribution in [1.82, 2.24) is 14.6 Å². The van der Waals surface area contributed by atoms with E-state index in [1.807, 2.05) is 13.0 Å². The summed E-state index contributed by atoms with van der Waals surface area (Å²) in [6, 6.07) is 1.85. The number of fused-ring (bicyclic) bond motifs is 1. The molecule has 0 radical (unpaired) electrons. The monoisotopic (exact) mass is 209 g/mol. The third kappa shape index (κ3) is 1.28. The maximum Gasteiger partial charge on any atom is 0.156 e. The molecule has 0 amide bonds. The molecule has 0 aliphatic carbocycles. The normalized spacial score (nSPS) is 11.5. The average molecular weight is 210 g/mol. The van der Waals surface area contributed by atoms with Gasteiger partial charge in [0.1, 0.15) is 5.15 Å². The second-order valence-electron chi connectivity index (χ2n) is 3.66. The summed E-state index contributed by atoms with van der Waals surface area (Å²) in [5.41, 5.74) is 2.86. The molecular formula is C10H12ClN3. The molecule has 0 aromatic carbocycles. The Balaban J connectivity index is 2.82. The minimum atomic E-state index is 0.364. The van der Waals surface area contributed by atoms with Gasteiger partial charge in [0, 0.05) is 17.3 Å². The molecule has 2 heterocycles. The first-order chi connectivity index (χ1) is 6.61. The summed E-state index contributed by atoms with van der Waals surface area (Å²) in [6.07, 6.45) is 1.71. The largest absolute Gasteiger partial charge is 0.233 e. The average Bonchev–Trinajstić information content (AvgIpc) is 2.50. The molecule has 74 valence electrons. The molecule has 0 atom stereocenters. The number of aryl methyl sites for hydroxylation is 1. The van der Waals surface area contributed by atoms with Crippen LogP contribution in [0.2, 0.25) is 5.15 Å². The highest BCUT2D eigenvalue weighted by atomic mass is 35.5. The summed E-state index contributed by atoms with van der Waals surface area (Å²) in [6.45, 7) is 6.19. The highest BCUT2D eigenvalue weighted by Gasteiger charge is 2.13. The van der Waals surface area contributed by atoms with E-state index in [0.29, 0.717) is 11.1 Å². The molecule has 4 heteroatoms. The molecule has 0 N–H and O–H groups in total. The summed E-state index contributed by atoms with van der Waals surface area (Å²) in [7, 11) is 0. The molecule has 0 fully saturated rings. The van der Waals surface area contributed by atoms with Crippen molar-refractivity contribution in [2.24, 2.45) is 0 Å². The Hall–Kier alpha value is -1.09. The van der Waals surface area contributed by atoms with Crippen molar-refractivity contribution in [2.75, 3.05) is 0 Å². The highest BCUT2D eigenvalue weighted by Crippen LogP contribution is 2.26. The van der Waals surface area contributed by atoms with Crippen molar-refractivity contribution in [1.29, 1.82) is 0 Å². The topological polar surface area (TPSA) is 30.2 Å². The van der Waals surface area contributed by atoms with E-state index >= 15 is 0 Å². The third-order valence-electron chi connectivity index (χ3n) is 2.28. The molecular weight excluding hydrogens is 198 g/mol. The van der Waals surface area contributed by atoms with Gasteiger partial charge in [0.05, 0.1) is 6.20 Å². The molecule has 2 rings (SSSR count). The van der Waals surface area contributed by atoms with Gasteiger partial charge < -0.3 is 0 Å². The van der Waals surface area contributed by atoms with Crippen molar-refractivity contribution in [3.8, 4) is 0 Å². The van der Waals surface area contributed by atoms with Crippen LogP contribution in [0.3, 0.4) is 0 Å². The lowest BCUT2D eigenvalue weighted by Crippen LogP contribution is -2.03. The number of rotatable bonds is 1. The van der Waals surface area contributed by atoms with Crippen LogP contribution in [0.25, 0.3) is 5.65 Å². The Morgan fingerprint density at radius 2 is 2.14 bits per heavy atom. The Kier molecular flexibility index (Phi) is 2.19. The van der Waals surface area contributed by atoms with Crippen LogP contribution in [0.15, 0.2) is 12.3 Å². The molecule has 0 aliphatic heterocycles. The minimum Gasteiger partial charge on any atom is -0.233 e. The van der Waals surface area contributed by atoms with Gasteiger partial charge in [-0.05, 0) is 12.8 Å². The smallest absolute Gasteiger partial charge is 0.156 e. The zero-order valence-corrected chi connectivity index (χ0v) is 9.21. The first-order valence-electron chi connectivity index (χ1n) is 4.61. The fourth-order valence-corrected chi connectivity index (χ4v) is 2.17. The van der Waals surface area contributed by atoms with Gasteiger partial charge in [0.2, 0.25) is 0 Å². The van der Waals surface area contributed by atoms with Gasteiger partial charge in [-0.2, -0.15) is 5.10 Å². The fraction of sp³-hybridized carbons (Fsp3) is 0.400. The fourth-order valence-electron chi connectivity index (χ4n) is 1.68. The molecule has 0 spiro atoms. The second kappa shape index (κ2) is 3.24. The summed E-state index contributed by atoms with van der Waals surface area (Å²) >= 11 is 6.24. The number of hydrogen-bond donors (Lipinski definition) is 0. The lowest BCUT2D eigenvalue weighted by atomic mass is 10.0. The lowest BCUT2D eigenvalue weighted by molar-refractivity contribution is 0.807. The maximum atomic E-state index is 6.24. The number of halogens is 1. The number of aromatic nitrogens is 3. The maximum absolute atomic E-state index is 6.24. The Morgan fingerprint density at radius 1 is 1.43 bits per heavy atom. The first kappa shape index (κ1) is 9.46. The molecule has 3 nitrogen and oxygen atoms in total. The van der Waals surface area contributed by atoms with Crippen molar-refractivity contribution >= 4 is 17.2 Å². The van der Waals surface area contributed by atoms with Crippen molar-refractivity contribution in [3.05, 3.63) is 28.7 Å². The van der Waals surface area contributed by atoms with Gasteiger partial charge in [-0.15, -0.1) is 0 Å². The zero-order valence-electron chi connectivity index (χ0n) is 8.45. The van der Waals surface area contributed by atoms with Gasteiger partial charge in [0.15, 0.2) is 5.65 Å². The van der Waals surface area contributed by atoms with Gasteiger partial charge in [-0.3, -0.25) is 0 Å². The summed E-state index contributed by atoms with van der Waals surface area (Å²) in [5, 5.41) is 4.80.